The average molecular weight is 530 g/mol. The lowest BCUT2D eigenvalue weighted by molar-refractivity contribution is 0.0360. The van der Waals surface area contributed by atoms with E-state index in [9.17, 15) is 13.5 Å². The van der Waals surface area contributed by atoms with Crippen molar-refractivity contribution in [3.8, 4) is 22.5 Å². The van der Waals surface area contributed by atoms with Crippen molar-refractivity contribution in [2.75, 3.05) is 45.1 Å². The quantitative estimate of drug-likeness (QED) is 0.356. The zero-order chi connectivity index (χ0) is 26.6. The van der Waals surface area contributed by atoms with E-state index in [-0.39, 0.29) is 23.7 Å². The summed E-state index contributed by atoms with van der Waals surface area (Å²) in [7, 11) is -3.77. The number of ether oxygens (including phenoxy) is 1. The van der Waals surface area contributed by atoms with Crippen molar-refractivity contribution in [1.82, 2.24) is 29.4 Å². The first-order chi connectivity index (χ1) is 17.5. The first-order valence-electron chi connectivity index (χ1n) is 12.3. The van der Waals surface area contributed by atoms with Gasteiger partial charge in [0, 0.05) is 43.5 Å². The Bertz CT molecular complexity index is 1330. The second-order valence-corrected chi connectivity index (χ2v) is 11.6. The van der Waals surface area contributed by atoms with Gasteiger partial charge in [0.15, 0.2) is 0 Å². The molecule has 1 fully saturated rings. The molecule has 1 aliphatic rings. The smallest absolute Gasteiger partial charge is 0.240 e. The molecule has 2 aromatic heterocycles. The van der Waals surface area contributed by atoms with Crippen LogP contribution in [-0.2, 0) is 21.3 Å². The molecule has 12 heteroatoms. The third-order valence-electron chi connectivity index (χ3n) is 6.28. The van der Waals surface area contributed by atoms with Crippen LogP contribution in [0.4, 0.5) is 5.82 Å². The number of nitrogens with zero attached hydrogens (tertiary/aromatic N) is 5. The molecule has 3 heterocycles. The summed E-state index contributed by atoms with van der Waals surface area (Å²) in [5.41, 5.74) is 8.43. The zero-order valence-corrected chi connectivity index (χ0v) is 22.3. The summed E-state index contributed by atoms with van der Waals surface area (Å²) >= 11 is 0. The highest BCUT2D eigenvalue weighted by atomic mass is 32.2. The molecule has 1 saturated heterocycles. The van der Waals surface area contributed by atoms with Crippen LogP contribution in [0.25, 0.3) is 22.5 Å². The van der Waals surface area contributed by atoms with Crippen LogP contribution >= 0.6 is 0 Å². The Morgan fingerprint density at radius 1 is 1.19 bits per heavy atom. The van der Waals surface area contributed by atoms with Gasteiger partial charge < -0.3 is 15.6 Å². The van der Waals surface area contributed by atoms with Crippen LogP contribution in [0.1, 0.15) is 25.8 Å². The number of nitrogen functional groups attached to an aromatic ring is 1. The van der Waals surface area contributed by atoms with E-state index in [0.717, 1.165) is 50.5 Å². The second kappa shape index (κ2) is 11.2. The monoisotopic (exact) mass is 529 g/mol. The van der Waals surface area contributed by atoms with Gasteiger partial charge in [-0.05, 0) is 44.9 Å². The first kappa shape index (κ1) is 27.1. The van der Waals surface area contributed by atoms with Crippen LogP contribution in [0.2, 0.25) is 0 Å². The fraction of sp³-hybridized carbons (Fsp3) is 0.480. The van der Waals surface area contributed by atoms with Crippen LogP contribution in [0, 0.1) is 6.92 Å². The van der Waals surface area contributed by atoms with Crippen LogP contribution in [-0.4, -0.2) is 83.2 Å². The average Bonchev–Trinajstić information content (AvgIpc) is 3.32. The predicted molar refractivity (Wildman–Crippen MR) is 141 cm³/mol. The van der Waals surface area contributed by atoms with Gasteiger partial charge in [-0.15, -0.1) is 0 Å². The van der Waals surface area contributed by atoms with Crippen molar-refractivity contribution in [2.45, 2.75) is 44.2 Å². The molecule has 0 amide bonds. The number of hydrogen-bond acceptors (Lipinski definition) is 9. The molecule has 0 atom stereocenters. The molecule has 37 heavy (non-hydrogen) atoms. The fourth-order valence-electron chi connectivity index (χ4n) is 4.04. The number of morpholine rings is 1. The highest BCUT2D eigenvalue weighted by Gasteiger charge is 2.20. The number of aryl methyl sites for hydroxylation is 1. The number of rotatable bonds is 10. The van der Waals surface area contributed by atoms with Crippen LogP contribution in [0.5, 0.6) is 0 Å². The van der Waals surface area contributed by atoms with Crippen molar-refractivity contribution in [1.29, 1.82) is 0 Å². The van der Waals surface area contributed by atoms with E-state index in [1.54, 1.807) is 44.4 Å². The van der Waals surface area contributed by atoms with Gasteiger partial charge in [0.25, 0.3) is 0 Å². The second-order valence-electron chi connectivity index (χ2n) is 9.87. The predicted octanol–water partition coefficient (Wildman–Crippen LogP) is 1.67. The maximum absolute atomic E-state index is 12.9. The van der Waals surface area contributed by atoms with Crippen molar-refractivity contribution in [3.63, 3.8) is 0 Å². The zero-order valence-electron chi connectivity index (χ0n) is 21.5. The molecule has 200 valence electrons. The van der Waals surface area contributed by atoms with Crippen LogP contribution in [0.15, 0.2) is 41.7 Å². The largest absolute Gasteiger partial charge is 0.390 e. The van der Waals surface area contributed by atoms with Crippen LogP contribution < -0.4 is 10.5 Å². The van der Waals surface area contributed by atoms with E-state index in [4.69, 9.17) is 15.5 Å². The molecular weight excluding hydrogens is 494 g/mol. The van der Waals surface area contributed by atoms with Crippen molar-refractivity contribution >= 4 is 15.8 Å². The minimum atomic E-state index is -3.77. The van der Waals surface area contributed by atoms with E-state index in [1.807, 2.05) is 17.8 Å². The molecule has 0 radical (unpaired) electrons. The number of anilines is 1. The van der Waals surface area contributed by atoms with E-state index in [0.29, 0.717) is 17.0 Å². The number of aromatic nitrogens is 4. The lowest BCUT2D eigenvalue weighted by atomic mass is 10.1. The van der Waals surface area contributed by atoms with E-state index in [1.165, 1.54) is 0 Å². The summed E-state index contributed by atoms with van der Waals surface area (Å²) in [5.74, 6) is 0.270. The minimum absolute atomic E-state index is 0.111. The number of nitrogens with one attached hydrogen (secondary N) is 1. The first-order valence-corrected chi connectivity index (χ1v) is 13.8. The standard InChI is InChI=1S/C25H35N7O4S/c1-18-4-5-20(37(34,35)29-7-6-25(2,3)33)14-21(18)22-16-27-24(26)23(30-22)19-15-28-32(17-19)9-8-31-10-12-36-13-11-31/h4-5,14-17,29,33H,6-13H2,1-3H3,(H2,26,27). The summed E-state index contributed by atoms with van der Waals surface area (Å²) in [6, 6.07) is 4.87. The molecule has 0 bridgehead atoms. The van der Waals surface area contributed by atoms with E-state index < -0.39 is 15.6 Å². The number of aliphatic hydroxyl groups is 1. The van der Waals surface area contributed by atoms with Crippen molar-refractivity contribution in [3.05, 3.63) is 42.4 Å². The van der Waals surface area contributed by atoms with Gasteiger partial charge in [0.2, 0.25) is 10.0 Å². The molecule has 0 aliphatic carbocycles. The maximum Gasteiger partial charge on any atom is 0.240 e. The summed E-state index contributed by atoms with van der Waals surface area (Å²) in [6.07, 6.45) is 5.44. The Morgan fingerprint density at radius 3 is 2.68 bits per heavy atom. The molecule has 4 rings (SSSR count). The van der Waals surface area contributed by atoms with Crippen molar-refractivity contribution < 1.29 is 18.3 Å². The topological polar surface area (TPSA) is 148 Å². The lowest BCUT2D eigenvalue weighted by Gasteiger charge is -2.26. The Morgan fingerprint density at radius 2 is 1.95 bits per heavy atom. The van der Waals surface area contributed by atoms with E-state index in [2.05, 4.69) is 19.7 Å². The highest BCUT2D eigenvalue weighted by Crippen LogP contribution is 2.29. The molecule has 1 aromatic carbocycles. The molecule has 3 aromatic rings. The van der Waals surface area contributed by atoms with Crippen molar-refractivity contribution in [2.24, 2.45) is 0 Å². The molecule has 4 N–H and O–H groups in total. The number of nitrogens with two attached hydrogens (primary N) is 1. The number of hydrogen-bond donors (Lipinski definition) is 3. The van der Waals surface area contributed by atoms with Gasteiger partial charge in [-0.25, -0.2) is 23.1 Å². The van der Waals surface area contributed by atoms with Gasteiger partial charge in [-0.1, -0.05) is 6.07 Å². The Kier molecular flexibility index (Phi) is 8.24. The summed E-state index contributed by atoms with van der Waals surface area (Å²) in [5, 5.41) is 14.3. The van der Waals surface area contributed by atoms with E-state index >= 15 is 0 Å². The maximum atomic E-state index is 12.9. The fourth-order valence-corrected chi connectivity index (χ4v) is 5.09. The minimum Gasteiger partial charge on any atom is -0.390 e. The van der Waals surface area contributed by atoms with Crippen LogP contribution in [0.3, 0.4) is 0 Å². The summed E-state index contributed by atoms with van der Waals surface area (Å²) in [4.78, 5) is 11.5. The van der Waals surface area contributed by atoms with Gasteiger partial charge >= 0.3 is 0 Å². The number of sulfonamides is 1. The van der Waals surface area contributed by atoms with Gasteiger partial charge in [-0.3, -0.25) is 9.58 Å². The molecule has 0 unspecified atom stereocenters. The molecule has 0 saturated carbocycles. The molecule has 1 aliphatic heterocycles. The summed E-state index contributed by atoms with van der Waals surface area (Å²) < 4.78 is 35.5. The molecule has 11 nitrogen and oxygen atoms in total. The lowest BCUT2D eigenvalue weighted by Crippen LogP contribution is -2.38. The van der Waals surface area contributed by atoms with Gasteiger partial charge in [0.05, 0.1) is 48.3 Å². The Labute approximate surface area is 217 Å². The molecular formula is C25H35N7O4S. The van der Waals surface area contributed by atoms with Gasteiger partial charge in [0.1, 0.15) is 11.5 Å². The Hall–Kier alpha value is -2.90. The van der Waals surface area contributed by atoms with Gasteiger partial charge in [-0.2, -0.15) is 5.10 Å². The third-order valence-corrected chi connectivity index (χ3v) is 7.74. The highest BCUT2D eigenvalue weighted by molar-refractivity contribution is 7.89. The third kappa shape index (κ3) is 7.11. The normalized spacial score (nSPS) is 15.2. The number of benzene rings is 1. The Balaban J connectivity index is 1.54. The SMILES string of the molecule is Cc1ccc(S(=O)(=O)NCCC(C)(C)O)cc1-c1cnc(N)c(-c2cnn(CCN3CCOCC3)c2)n1. The summed E-state index contributed by atoms with van der Waals surface area (Å²) in [6.45, 7) is 10.2. The molecule has 0 spiro atoms.